The van der Waals surface area contributed by atoms with E-state index in [2.05, 4.69) is 0 Å². The molecule has 4 heteroatoms. The first kappa shape index (κ1) is 11.0. The van der Waals surface area contributed by atoms with Crippen molar-refractivity contribution >= 4 is 11.9 Å². The molecule has 0 aliphatic heterocycles. The van der Waals surface area contributed by atoms with E-state index in [4.69, 9.17) is 10.2 Å². The maximum atomic E-state index is 10.8. The molecule has 0 bridgehead atoms. The molecule has 14 heavy (non-hydrogen) atoms. The Morgan fingerprint density at radius 2 is 1.57 bits per heavy atom. The van der Waals surface area contributed by atoms with Gasteiger partial charge in [-0.1, -0.05) is 6.92 Å². The van der Waals surface area contributed by atoms with Gasteiger partial charge in [-0.3, -0.25) is 9.59 Å². The van der Waals surface area contributed by atoms with Crippen LogP contribution in [0, 0.1) is 17.8 Å². The van der Waals surface area contributed by atoms with Crippen LogP contribution in [0.25, 0.3) is 0 Å². The van der Waals surface area contributed by atoms with Crippen molar-refractivity contribution in [2.24, 2.45) is 17.8 Å². The standard InChI is InChI=1S/C10H16O4/c1-6-2-3-7(9(11)12)5-8(4-6)10(13)14/h6-8H,2-5H2,1H3,(H,11,12)(H,13,14). The number of rotatable bonds is 2. The van der Waals surface area contributed by atoms with E-state index in [1.165, 1.54) is 0 Å². The van der Waals surface area contributed by atoms with Crippen LogP contribution in [0.2, 0.25) is 0 Å². The number of hydrogen-bond donors (Lipinski definition) is 2. The Labute approximate surface area is 82.9 Å². The number of aliphatic carboxylic acids is 2. The summed E-state index contributed by atoms with van der Waals surface area (Å²) in [4.78, 5) is 21.6. The summed E-state index contributed by atoms with van der Waals surface area (Å²) in [5, 5.41) is 17.7. The highest BCUT2D eigenvalue weighted by molar-refractivity contribution is 5.73. The van der Waals surface area contributed by atoms with Crippen molar-refractivity contribution in [1.29, 1.82) is 0 Å². The Bertz CT molecular complexity index is 236. The highest BCUT2D eigenvalue weighted by Gasteiger charge is 2.31. The lowest BCUT2D eigenvalue weighted by Crippen LogP contribution is -2.21. The number of carbonyl (C=O) groups is 2. The van der Waals surface area contributed by atoms with Gasteiger partial charge in [0.05, 0.1) is 11.8 Å². The van der Waals surface area contributed by atoms with Crippen LogP contribution in [0.15, 0.2) is 0 Å². The Hall–Kier alpha value is -1.06. The molecule has 3 unspecified atom stereocenters. The van der Waals surface area contributed by atoms with Gasteiger partial charge >= 0.3 is 11.9 Å². The highest BCUT2D eigenvalue weighted by Crippen LogP contribution is 2.31. The van der Waals surface area contributed by atoms with E-state index >= 15 is 0 Å². The van der Waals surface area contributed by atoms with Gasteiger partial charge in [-0.05, 0) is 31.6 Å². The summed E-state index contributed by atoms with van der Waals surface area (Å²) in [6.45, 7) is 1.99. The summed E-state index contributed by atoms with van der Waals surface area (Å²) in [7, 11) is 0. The van der Waals surface area contributed by atoms with Crippen molar-refractivity contribution in [3.63, 3.8) is 0 Å². The molecule has 0 amide bonds. The Morgan fingerprint density at radius 1 is 1.00 bits per heavy atom. The molecule has 4 nitrogen and oxygen atoms in total. The van der Waals surface area contributed by atoms with Crippen molar-refractivity contribution in [3.8, 4) is 0 Å². The average molecular weight is 200 g/mol. The molecule has 1 aliphatic rings. The first-order valence-electron chi connectivity index (χ1n) is 4.96. The van der Waals surface area contributed by atoms with E-state index in [9.17, 15) is 9.59 Å². The largest absolute Gasteiger partial charge is 0.481 e. The van der Waals surface area contributed by atoms with Crippen molar-refractivity contribution in [2.45, 2.75) is 32.6 Å². The zero-order valence-corrected chi connectivity index (χ0v) is 8.27. The van der Waals surface area contributed by atoms with Crippen LogP contribution >= 0.6 is 0 Å². The molecule has 0 aromatic heterocycles. The lowest BCUT2D eigenvalue weighted by Gasteiger charge is -2.13. The predicted octanol–water partition coefficient (Wildman–Crippen LogP) is 1.60. The van der Waals surface area contributed by atoms with E-state index in [-0.39, 0.29) is 6.42 Å². The van der Waals surface area contributed by atoms with E-state index in [0.717, 1.165) is 6.42 Å². The van der Waals surface area contributed by atoms with Crippen LogP contribution in [-0.4, -0.2) is 22.2 Å². The minimum atomic E-state index is -0.856. The Kier molecular flexibility index (Phi) is 3.49. The van der Waals surface area contributed by atoms with Gasteiger partial charge in [0.25, 0.3) is 0 Å². The van der Waals surface area contributed by atoms with E-state index in [1.54, 1.807) is 0 Å². The zero-order valence-electron chi connectivity index (χ0n) is 8.27. The first-order chi connectivity index (χ1) is 6.50. The molecule has 80 valence electrons. The molecule has 0 heterocycles. The molecule has 1 fully saturated rings. The van der Waals surface area contributed by atoms with Crippen molar-refractivity contribution in [1.82, 2.24) is 0 Å². The molecule has 1 saturated carbocycles. The summed E-state index contributed by atoms with van der Waals surface area (Å²) in [6, 6.07) is 0. The maximum Gasteiger partial charge on any atom is 0.306 e. The fourth-order valence-electron chi connectivity index (χ4n) is 2.07. The second kappa shape index (κ2) is 4.44. The molecule has 1 rings (SSSR count). The van der Waals surface area contributed by atoms with E-state index in [1.807, 2.05) is 6.92 Å². The predicted molar refractivity (Wildman–Crippen MR) is 49.9 cm³/mol. The van der Waals surface area contributed by atoms with E-state index in [0.29, 0.717) is 18.8 Å². The van der Waals surface area contributed by atoms with Crippen LogP contribution < -0.4 is 0 Å². The molecule has 0 spiro atoms. The molecule has 3 atom stereocenters. The minimum absolute atomic E-state index is 0.287. The summed E-state index contributed by atoms with van der Waals surface area (Å²) < 4.78 is 0. The van der Waals surface area contributed by atoms with Gasteiger partial charge in [-0.25, -0.2) is 0 Å². The zero-order chi connectivity index (χ0) is 10.7. The Balaban J connectivity index is 2.68. The minimum Gasteiger partial charge on any atom is -0.481 e. The normalized spacial score (nSPS) is 33.4. The number of carboxylic acids is 2. The molecule has 0 saturated heterocycles. The quantitative estimate of drug-likeness (QED) is 0.664. The van der Waals surface area contributed by atoms with Gasteiger partial charge in [-0.2, -0.15) is 0 Å². The van der Waals surface area contributed by atoms with Crippen LogP contribution in [0.3, 0.4) is 0 Å². The lowest BCUT2D eigenvalue weighted by atomic mass is 9.92. The summed E-state index contributed by atoms with van der Waals surface area (Å²) in [6.07, 6.45) is 2.33. The van der Waals surface area contributed by atoms with Crippen molar-refractivity contribution in [3.05, 3.63) is 0 Å². The average Bonchev–Trinajstić information content (AvgIpc) is 2.26. The van der Waals surface area contributed by atoms with Crippen LogP contribution in [0.5, 0.6) is 0 Å². The fourth-order valence-corrected chi connectivity index (χ4v) is 2.07. The van der Waals surface area contributed by atoms with Crippen molar-refractivity contribution < 1.29 is 19.8 Å². The molecule has 0 radical (unpaired) electrons. The third kappa shape index (κ3) is 2.72. The van der Waals surface area contributed by atoms with Gasteiger partial charge < -0.3 is 10.2 Å². The molecule has 2 N–H and O–H groups in total. The van der Waals surface area contributed by atoms with Gasteiger partial charge in [0.1, 0.15) is 0 Å². The fraction of sp³-hybridized carbons (Fsp3) is 0.800. The third-order valence-electron chi connectivity index (χ3n) is 2.96. The van der Waals surface area contributed by atoms with Crippen LogP contribution in [0.4, 0.5) is 0 Å². The monoisotopic (exact) mass is 200 g/mol. The van der Waals surface area contributed by atoms with E-state index < -0.39 is 23.8 Å². The molecular weight excluding hydrogens is 184 g/mol. The summed E-state index contributed by atoms with van der Waals surface area (Å²) in [5.74, 6) is -2.34. The van der Waals surface area contributed by atoms with Crippen LogP contribution in [-0.2, 0) is 9.59 Å². The van der Waals surface area contributed by atoms with Gasteiger partial charge in [0, 0.05) is 0 Å². The highest BCUT2D eigenvalue weighted by atomic mass is 16.4. The van der Waals surface area contributed by atoms with Gasteiger partial charge in [-0.15, -0.1) is 0 Å². The molecular formula is C10H16O4. The smallest absolute Gasteiger partial charge is 0.306 e. The van der Waals surface area contributed by atoms with Crippen molar-refractivity contribution in [2.75, 3.05) is 0 Å². The SMILES string of the molecule is CC1CCC(C(=O)O)CC(C(=O)O)C1. The van der Waals surface area contributed by atoms with Crippen LogP contribution in [0.1, 0.15) is 32.6 Å². The summed E-state index contributed by atoms with van der Waals surface area (Å²) >= 11 is 0. The second-order valence-electron chi connectivity index (χ2n) is 4.22. The summed E-state index contributed by atoms with van der Waals surface area (Å²) in [5.41, 5.74) is 0. The molecule has 0 aromatic rings. The van der Waals surface area contributed by atoms with Gasteiger partial charge in [0.2, 0.25) is 0 Å². The number of hydrogen-bond acceptors (Lipinski definition) is 2. The maximum absolute atomic E-state index is 10.8. The lowest BCUT2D eigenvalue weighted by molar-refractivity contribution is -0.145. The van der Waals surface area contributed by atoms with Gasteiger partial charge in [0.15, 0.2) is 0 Å². The second-order valence-corrected chi connectivity index (χ2v) is 4.22. The number of carboxylic acid groups (broad SMARTS) is 2. The first-order valence-corrected chi connectivity index (χ1v) is 4.96. The topological polar surface area (TPSA) is 74.6 Å². The Morgan fingerprint density at radius 3 is 2.07 bits per heavy atom. The molecule has 0 aromatic carbocycles. The molecule has 1 aliphatic carbocycles. The third-order valence-corrected chi connectivity index (χ3v) is 2.96.